The van der Waals surface area contributed by atoms with Crippen LogP contribution in [0.2, 0.25) is 19.6 Å². The van der Waals surface area contributed by atoms with Crippen molar-refractivity contribution in [2.75, 3.05) is 0 Å². The predicted octanol–water partition coefficient (Wildman–Crippen LogP) is 4.44. The SMILES string of the molecule is Cc1ccc(/C=C/C=C/[Si](C)(C)C)cc1. The minimum absolute atomic E-state index is 1.04. The molecule has 0 spiro atoms. The highest BCUT2D eigenvalue weighted by molar-refractivity contribution is 6.81. The van der Waals surface area contributed by atoms with Crippen molar-refractivity contribution in [1.82, 2.24) is 0 Å². The molecule has 0 fully saturated rings. The summed E-state index contributed by atoms with van der Waals surface area (Å²) in [7, 11) is -1.04. The molecule has 1 rings (SSSR count). The number of benzene rings is 1. The van der Waals surface area contributed by atoms with E-state index in [2.05, 4.69) is 74.8 Å². The van der Waals surface area contributed by atoms with Gasteiger partial charge in [0.1, 0.15) is 0 Å². The molecular formula is C14H20Si. The van der Waals surface area contributed by atoms with E-state index in [0.29, 0.717) is 0 Å². The summed E-state index contributed by atoms with van der Waals surface area (Å²) in [5.41, 5.74) is 4.92. The van der Waals surface area contributed by atoms with Crippen molar-refractivity contribution in [2.24, 2.45) is 0 Å². The fraction of sp³-hybridized carbons (Fsp3) is 0.286. The van der Waals surface area contributed by atoms with Gasteiger partial charge in [-0.3, -0.25) is 0 Å². The molecular weight excluding hydrogens is 196 g/mol. The highest BCUT2D eigenvalue weighted by Crippen LogP contribution is 2.06. The number of hydrogen-bond donors (Lipinski definition) is 0. The second kappa shape index (κ2) is 5.13. The van der Waals surface area contributed by atoms with Crippen LogP contribution in [0.5, 0.6) is 0 Å². The second-order valence-electron chi connectivity index (χ2n) is 4.99. The molecule has 0 aliphatic heterocycles. The van der Waals surface area contributed by atoms with E-state index in [4.69, 9.17) is 0 Å². The van der Waals surface area contributed by atoms with Gasteiger partial charge in [-0.25, -0.2) is 0 Å². The average Bonchev–Trinajstić information content (AvgIpc) is 2.14. The molecule has 1 aromatic rings. The van der Waals surface area contributed by atoms with Crippen LogP contribution in [0, 0.1) is 6.92 Å². The van der Waals surface area contributed by atoms with Crippen molar-refractivity contribution >= 4 is 14.1 Å². The monoisotopic (exact) mass is 216 g/mol. The van der Waals surface area contributed by atoms with E-state index in [1.165, 1.54) is 11.1 Å². The van der Waals surface area contributed by atoms with Crippen molar-refractivity contribution < 1.29 is 0 Å². The molecule has 0 bridgehead atoms. The van der Waals surface area contributed by atoms with Crippen LogP contribution in [0.25, 0.3) is 6.08 Å². The summed E-state index contributed by atoms with van der Waals surface area (Å²) in [5.74, 6) is 0. The number of allylic oxidation sites excluding steroid dienone is 2. The lowest BCUT2D eigenvalue weighted by Crippen LogP contribution is -2.14. The molecule has 1 aromatic carbocycles. The third-order valence-corrected chi connectivity index (χ3v) is 3.27. The predicted molar refractivity (Wildman–Crippen MR) is 72.7 cm³/mol. The number of hydrogen-bond acceptors (Lipinski definition) is 0. The molecule has 0 nitrogen and oxygen atoms in total. The van der Waals surface area contributed by atoms with E-state index < -0.39 is 8.07 Å². The molecule has 0 heterocycles. The van der Waals surface area contributed by atoms with Gasteiger partial charge in [0, 0.05) is 0 Å². The Morgan fingerprint density at radius 3 is 2.07 bits per heavy atom. The Balaban J connectivity index is 2.59. The van der Waals surface area contributed by atoms with Crippen LogP contribution >= 0.6 is 0 Å². The van der Waals surface area contributed by atoms with Gasteiger partial charge in [0.25, 0.3) is 0 Å². The molecule has 80 valence electrons. The first-order valence-electron chi connectivity index (χ1n) is 5.40. The van der Waals surface area contributed by atoms with E-state index >= 15 is 0 Å². The molecule has 0 N–H and O–H groups in total. The maximum Gasteiger partial charge on any atom is 0.0687 e. The lowest BCUT2D eigenvalue weighted by molar-refractivity contribution is 1.46. The van der Waals surface area contributed by atoms with Crippen LogP contribution in [-0.4, -0.2) is 8.07 Å². The van der Waals surface area contributed by atoms with Crippen LogP contribution in [0.1, 0.15) is 11.1 Å². The Kier molecular flexibility index (Phi) is 4.10. The Morgan fingerprint density at radius 1 is 0.933 bits per heavy atom. The third kappa shape index (κ3) is 5.38. The Hall–Kier alpha value is -1.08. The van der Waals surface area contributed by atoms with E-state index in [9.17, 15) is 0 Å². The van der Waals surface area contributed by atoms with Gasteiger partial charge in [0.2, 0.25) is 0 Å². The fourth-order valence-corrected chi connectivity index (χ4v) is 1.88. The molecule has 0 aliphatic carbocycles. The summed E-state index contributed by atoms with van der Waals surface area (Å²) in [6.07, 6.45) is 6.45. The first-order chi connectivity index (χ1) is 6.97. The van der Waals surface area contributed by atoms with Gasteiger partial charge in [-0.15, -0.1) is 0 Å². The first-order valence-corrected chi connectivity index (χ1v) is 8.98. The van der Waals surface area contributed by atoms with Crippen molar-refractivity contribution in [3.8, 4) is 0 Å². The highest BCUT2D eigenvalue weighted by Gasteiger charge is 2.05. The summed E-state index contributed by atoms with van der Waals surface area (Å²) in [4.78, 5) is 0. The Morgan fingerprint density at radius 2 is 1.53 bits per heavy atom. The first kappa shape index (κ1) is 12.0. The van der Waals surface area contributed by atoms with E-state index in [-0.39, 0.29) is 0 Å². The molecule has 1 heteroatoms. The van der Waals surface area contributed by atoms with Crippen LogP contribution in [0.3, 0.4) is 0 Å². The molecule has 0 atom stereocenters. The van der Waals surface area contributed by atoms with Crippen molar-refractivity contribution in [3.63, 3.8) is 0 Å². The second-order valence-corrected chi connectivity index (χ2v) is 10.1. The van der Waals surface area contributed by atoms with Gasteiger partial charge in [-0.05, 0) is 12.5 Å². The molecule has 0 saturated heterocycles. The molecule has 0 amide bonds. The molecule has 0 aliphatic rings. The minimum Gasteiger partial charge on any atom is -0.0950 e. The van der Waals surface area contributed by atoms with E-state index in [0.717, 1.165) is 0 Å². The summed E-state index contributed by atoms with van der Waals surface area (Å²) in [6.45, 7) is 9.12. The average molecular weight is 216 g/mol. The summed E-state index contributed by atoms with van der Waals surface area (Å²) in [6, 6.07) is 8.58. The third-order valence-electron chi connectivity index (χ3n) is 2.07. The highest BCUT2D eigenvalue weighted by atomic mass is 28.3. The van der Waals surface area contributed by atoms with Crippen molar-refractivity contribution in [3.05, 3.63) is 53.2 Å². The summed E-state index contributed by atoms with van der Waals surface area (Å²) >= 11 is 0. The zero-order valence-electron chi connectivity index (χ0n) is 10.1. The van der Waals surface area contributed by atoms with Crippen molar-refractivity contribution in [1.29, 1.82) is 0 Å². The Bertz CT molecular complexity index is 350. The fourth-order valence-electron chi connectivity index (χ4n) is 1.19. The zero-order valence-corrected chi connectivity index (χ0v) is 11.1. The van der Waals surface area contributed by atoms with E-state index in [1.54, 1.807) is 0 Å². The normalized spacial score (nSPS) is 12.8. The van der Waals surface area contributed by atoms with Gasteiger partial charge in [0.05, 0.1) is 8.07 Å². The standard InChI is InChI=1S/C14H20Si/c1-13-8-10-14(11-9-13)7-5-6-12-15(2,3)4/h5-12H,1-4H3/b7-5+,12-6+. The van der Waals surface area contributed by atoms with Gasteiger partial charge in [-0.1, -0.05) is 73.4 Å². The maximum absolute atomic E-state index is 2.34. The molecule has 15 heavy (non-hydrogen) atoms. The zero-order chi connectivity index (χ0) is 11.3. The van der Waals surface area contributed by atoms with Crippen LogP contribution in [0.15, 0.2) is 42.1 Å². The quantitative estimate of drug-likeness (QED) is 0.517. The van der Waals surface area contributed by atoms with Crippen molar-refractivity contribution in [2.45, 2.75) is 26.6 Å². The number of rotatable bonds is 3. The van der Waals surface area contributed by atoms with Crippen LogP contribution < -0.4 is 0 Å². The minimum atomic E-state index is -1.04. The summed E-state index contributed by atoms with van der Waals surface area (Å²) in [5, 5.41) is 0. The lowest BCUT2D eigenvalue weighted by Gasteiger charge is -2.06. The van der Waals surface area contributed by atoms with Gasteiger partial charge in [-0.2, -0.15) is 0 Å². The largest absolute Gasteiger partial charge is 0.0950 e. The van der Waals surface area contributed by atoms with Crippen LogP contribution in [-0.2, 0) is 0 Å². The van der Waals surface area contributed by atoms with Crippen LogP contribution in [0.4, 0.5) is 0 Å². The smallest absolute Gasteiger partial charge is 0.0687 e. The molecule has 0 unspecified atom stereocenters. The topological polar surface area (TPSA) is 0 Å². The van der Waals surface area contributed by atoms with E-state index in [1.807, 2.05) is 0 Å². The van der Waals surface area contributed by atoms with Gasteiger partial charge in [0.15, 0.2) is 0 Å². The Labute approximate surface area is 94.4 Å². The summed E-state index contributed by atoms with van der Waals surface area (Å²) < 4.78 is 0. The van der Waals surface area contributed by atoms with Gasteiger partial charge < -0.3 is 0 Å². The maximum atomic E-state index is 2.34. The molecule has 0 saturated carbocycles. The van der Waals surface area contributed by atoms with Gasteiger partial charge >= 0.3 is 0 Å². The lowest BCUT2D eigenvalue weighted by atomic mass is 10.1. The molecule has 0 aromatic heterocycles. The molecule has 0 radical (unpaired) electrons. The number of aryl methyl sites for hydroxylation is 1.